The van der Waals surface area contributed by atoms with Crippen LogP contribution in [0.1, 0.15) is 74.0 Å². The van der Waals surface area contributed by atoms with E-state index in [1.807, 2.05) is 30.9 Å². The smallest absolute Gasteiger partial charge is 0.276 e. The summed E-state index contributed by atoms with van der Waals surface area (Å²) in [6.45, 7) is 10.1. The number of rotatable bonds is 9. The molecule has 8 heteroatoms. The normalized spacial score (nSPS) is 20.8. The van der Waals surface area contributed by atoms with E-state index in [4.69, 9.17) is 14.0 Å². The number of amides is 2. The number of nitrogens with one attached hydrogen (secondary N) is 1. The van der Waals surface area contributed by atoms with E-state index in [2.05, 4.69) is 36.5 Å². The molecule has 196 valence electrons. The summed E-state index contributed by atoms with van der Waals surface area (Å²) < 4.78 is 17.1. The fourth-order valence-electron chi connectivity index (χ4n) is 5.58. The van der Waals surface area contributed by atoms with E-state index >= 15 is 0 Å². The quantitative estimate of drug-likeness (QED) is 0.528. The van der Waals surface area contributed by atoms with Crippen molar-refractivity contribution >= 4 is 11.8 Å². The highest BCUT2D eigenvalue weighted by molar-refractivity contribution is 5.92. The van der Waals surface area contributed by atoms with Crippen LogP contribution in [0.4, 0.5) is 0 Å². The summed E-state index contributed by atoms with van der Waals surface area (Å²) in [6.07, 6.45) is 1.98. The van der Waals surface area contributed by atoms with Gasteiger partial charge in [0, 0.05) is 44.0 Å². The zero-order valence-electron chi connectivity index (χ0n) is 22.1. The third-order valence-electron chi connectivity index (χ3n) is 7.42. The second-order valence-corrected chi connectivity index (χ2v) is 10.7. The molecule has 0 saturated carbocycles. The van der Waals surface area contributed by atoms with Crippen molar-refractivity contribution < 1.29 is 23.6 Å². The fraction of sp³-hybridized carbons (Fsp3) is 0.607. The molecule has 1 aliphatic carbocycles. The minimum Gasteiger partial charge on any atom is -0.382 e. The fourth-order valence-corrected chi connectivity index (χ4v) is 5.58. The van der Waals surface area contributed by atoms with Gasteiger partial charge in [-0.1, -0.05) is 57.1 Å². The molecule has 1 aliphatic heterocycles. The summed E-state index contributed by atoms with van der Waals surface area (Å²) in [6, 6.07) is 9.82. The highest BCUT2D eigenvalue weighted by atomic mass is 16.5. The monoisotopic (exact) mass is 497 g/mol. The van der Waals surface area contributed by atoms with Crippen molar-refractivity contribution in [1.82, 2.24) is 15.4 Å². The Labute approximate surface area is 213 Å². The molecule has 2 amide bonds. The first-order valence-corrected chi connectivity index (χ1v) is 13.0. The Bertz CT molecular complexity index is 1050. The predicted octanol–water partition coefficient (Wildman–Crippen LogP) is 3.91. The van der Waals surface area contributed by atoms with Crippen LogP contribution in [-0.2, 0) is 26.1 Å². The second-order valence-electron chi connectivity index (χ2n) is 10.7. The van der Waals surface area contributed by atoms with Gasteiger partial charge in [0.25, 0.3) is 5.91 Å². The van der Waals surface area contributed by atoms with Crippen LogP contribution in [0.2, 0.25) is 0 Å². The molecule has 1 aromatic carbocycles. The van der Waals surface area contributed by atoms with Crippen LogP contribution in [0, 0.1) is 11.8 Å². The van der Waals surface area contributed by atoms with Crippen molar-refractivity contribution in [2.75, 3.05) is 33.4 Å². The van der Waals surface area contributed by atoms with Crippen LogP contribution in [0.5, 0.6) is 0 Å². The number of likely N-dealkylation sites (tertiary alicyclic amines) is 1. The van der Waals surface area contributed by atoms with E-state index in [0.717, 1.165) is 30.6 Å². The summed E-state index contributed by atoms with van der Waals surface area (Å²) in [7, 11) is 1.65. The highest BCUT2D eigenvalue weighted by Gasteiger charge is 2.54. The summed E-state index contributed by atoms with van der Waals surface area (Å²) in [5.41, 5.74) is 2.36. The number of methoxy groups -OCH3 is 1. The number of piperidine rings is 1. The lowest BCUT2D eigenvalue weighted by Gasteiger charge is -2.44. The maximum absolute atomic E-state index is 13.2. The van der Waals surface area contributed by atoms with E-state index in [0.29, 0.717) is 37.9 Å². The third-order valence-corrected chi connectivity index (χ3v) is 7.42. The molecule has 1 fully saturated rings. The van der Waals surface area contributed by atoms with Gasteiger partial charge in [-0.05, 0) is 29.9 Å². The lowest BCUT2D eigenvalue weighted by Crippen LogP contribution is -2.52. The van der Waals surface area contributed by atoms with E-state index in [1.54, 1.807) is 13.2 Å². The number of hydrogen-bond acceptors (Lipinski definition) is 6. The van der Waals surface area contributed by atoms with E-state index in [9.17, 15) is 9.59 Å². The van der Waals surface area contributed by atoms with Gasteiger partial charge in [-0.2, -0.15) is 0 Å². The van der Waals surface area contributed by atoms with E-state index in [-0.39, 0.29) is 35.3 Å². The highest BCUT2D eigenvalue weighted by Crippen LogP contribution is 2.52. The average molecular weight is 498 g/mol. The molecule has 2 atom stereocenters. The molecular formula is C28H39N3O5. The molecule has 0 bridgehead atoms. The lowest BCUT2D eigenvalue weighted by atomic mass is 9.71. The first-order valence-electron chi connectivity index (χ1n) is 13.0. The molecule has 1 N–H and O–H groups in total. The number of benzene rings is 1. The predicted molar refractivity (Wildman–Crippen MR) is 136 cm³/mol. The molecule has 2 aromatic rings. The largest absolute Gasteiger partial charge is 0.382 e. The van der Waals surface area contributed by atoms with Gasteiger partial charge < -0.3 is 24.2 Å². The maximum atomic E-state index is 13.2. The number of nitrogens with zero attached hydrogens (tertiary/aromatic N) is 2. The van der Waals surface area contributed by atoms with Crippen molar-refractivity contribution in [3.8, 4) is 0 Å². The second kappa shape index (κ2) is 11.1. The molecule has 4 rings (SSSR count). The van der Waals surface area contributed by atoms with Gasteiger partial charge >= 0.3 is 0 Å². The minimum absolute atomic E-state index is 0.00282. The maximum Gasteiger partial charge on any atom is 0.276 e. The van der Waals surface area contributed by atoms with Crippen molar-refractivity contribution in [3.05, 3.63) is 52.9 Å². The summed E-state index contributed by atoms with van der Waals surface area (Å²) in [5, 5.41) is 7.30. The first kappa shape index (κ1) is 26.4. The molecule has 36 heavy (non-hydrogen) atoms. The van der Waals surface area contributed by atoms with Crippen molar-refractivity contribution in [2.24, 2.45) is 11.8 Å². The number of carbonyl (C=O) groups is 2. The molecule has 1 saturated heterocycles. The molecule has 0 unspecified atom stereocenters. The molecule has 2 aliphatic rings. The Morgan fingerprint density at radius 1 is 1.17 bits per heavy atom. The van der Waals surface area contributed by atoms with Crippen LogP contribution < -0.4 is 5.32 Å². The standard InChI is InChI=1S/C28H39N3O5/c1-18(2)16-20-17-23(30-36-20)27(33)31-12-10-28(11-13-31)22-9-7-6-8-21(22)24(29-26(32)19(3)4)25(28)35-15-14-34-5/h6-9,17-19,24-25H,10-16H2,1-5H3,(H,29,32)/t24-,25+/m1/s1. The average Bonchev–Trinajstić information content (AvgIpc) is 3.41. The molecule has 8 nitrogen and oxygen atoms in total. The third kappa shape index (κ3) is 5.20. The van der Waals surface area contributed by atoms with Crippen LogP contribution in [0.3, 0.4) is 0 Å². The molecular weight excluding hydrogens is 458 g/mol. The van der Waals surface area contributed by atoms with Gasteiger partial charge in [-0.15, -0.1) is 0 Å². The zero-order valence-corrected chi connectivity index (χ0v) is 22.1. The SMILES string of the molecule is COCCO[C@H]1[C@H](NC(=O)C(C)C)c2ccccc2C12CCN(C(=O)c1cc(CC(C)C)on1)CC2. The molecule has 1 spiro atoms. The van der Waals surface area contributed by atoms with E-state index in [1.165, 1.54) is 5.56 Å². The molecule has 0 radical (unpaired) electrons. The van der Waals surface area contributed by atoms with Crippen LogP contribution in [0.15, 0.2) is 34.9 Å². The number of carbonyl (C=O) groups excluding carboxylic acids is 2. The topological polar surface area (TPSA) is 93.9 Å². The molecule has 2 heterocycles. The van der Waals surface area contributed by atoms with Crippen molar-refractivity contribution in [2.45, 2.75) is 64.5 Å². The number of hydrogen-bond donors (Lipinski definition) is 1. The van der Waals surface area contributed by atoms with Crippen LogP contribution >= 0.6 is 0 Å². The summed E-state index contributed by atoms with van der Waals surface area (Å²) in [5.74, 6) is 0.939. The van der Waals surface area contributed by atoms with Gasteiger partial charge in [-0.3, -0.25) is 9.59 Å². The zero-order chi connectivity index (χ0) is 25.9. The number of ether oxygens (including phenoxy) is 2. The lowest BCUT2D eigenvalue weighted by molar-refractivity contribution is -0.127. The van der Waals surface area contributed by atoms with Crippen LogP contribution in [-0.4, -0.2) is 61.4 Å². The van der Waals surface area contributed by atoms with Gasteiger partial charge in [0.1, 0.15) is 5.76 Å². The van der Waals surface area contributed by atoms with Gasteiger partial charge in [-0.25, -0.2) is 0 Å². The number of fused-ring (bicyclic) bond motifs is 2. The van der Waals surface area contributed by atoms with Crippen molar-refractivity contribution in [1.29, 1.82) is 0 Å². The van der Waals surface area contributed by atoms with Crippen molar-refractivity contribution in [3.63, 3.8) is 0 Å². The Kier molecular flexibility index (Phi) is 8.15. The van der Waals surface area contributed by atoms with E-state index < -0.39 is 0 Å². The Balaban J connectivity index is 1.57. The van der Waals surface area contributed by atoms with Crippen LogP contribution in [0.25, 0.3) is 0 Å². The van der Waals surface area contributed by atoms with Gasteiger partial charge in [0.05, 0.1) is 25.4 Å². The van der Waals surface area contributed by atoms with Gasteiger partial charge in [0.2, 0.25) is 5.91 Å². The minimum atomic E-state index is -0.303. The Hall–Kier alpha value is -2.71. The van der Waals surface area contributed by atoms with Gasteiger partial charge in [0.15, 0.2) is 5.69 Å². The molecule has 1 aromatic heterocycles. The Morgan fingerprint density at radius 3 is 2.56 bits per heavy atom. The number of aromatic nitrogens is 1. The first-order chi connectivity index (χ1) is 17.3. The Morgan fingerprint density at radius 2 is 1.89 bits per heavy atom. The summed E-state index contributed by atoms with van der Waals surface area (Å²) >= 11 is 0. The summed E-state index contributed by atoms with van der Waals surface area (Å²) in [4.78, 5) is 27.8.